The largest absolute Gasteiger partial charge is 0.490 e. The van der Waals surface area contributed by atoms with Gasteiger partial charge in [0.25, 0.3) is 11.5 Å². The van der Waals surface area contributed by atoms with Crippen LogP contribution in [-0.2, 0) is 0 Å². The van der Waals surface area contributed by atoms with Crippen molar-refractivity contribution < 1.29 is 23.4 Å². The number of benzene rings is 2. The van der Waals surface area contributed by atoms with Gasteiger partial charge in [-0.05, 0) is 57.2 Å². The number of nitrogens with one attached hydrogen (secondary N) is 1. The molecule has 35 heavy (non-hydrogen) atoms. The first-order chi connectivity index (χ1) is 17.0. The van der Waals surface area contributed by atoms with Gasteiger partial charge in [-0.1, -0.05) is 0 Å². The van der Waals surface area contributed by atoms with E-state index < -0.39 is 17.3 Å². The Morgan fingerprint density at radius 2 is 1.63 bits per heavy atom. The summed E-state index contributed by atoms with van der Waals surface area (Å²) in [6, 6.07) is 8.66. The summed E-state index contributed by atoms with van der Waals surface area (Å²) in [6.45, 7) is 6.56. The summed E-state index contributed by atoms with van der Waals surface area (Å²) in [5, 5.41) is 4.36. The van der Waals surface area contributed by atoms with Crippen molar-refractivity contribution in [2.24, 2.45) is 0 Å². The van der Waals surface area contributed by atoms with Crippen LogP contribution in [0.25, 0.3) is 16.7 Å². The minimum atomic E-state index is -0.580. The number of rotatable bonds is 9. The Bertz CT molecular complexity index is 1390. The van der Waals surface area contributed by atoms with Gasteiger partial charge in [0.15, 0.2) is 17.1 Å². The van der Waals surface area contributed by atoms with E-state index in [2.05, 4.69) is 15.5 Å². The van der Waals surface area contributed by atoms with E-state index >= 15 is 0 Å². The van der Waals surface area contributed by atoms with Crippen molar-refractivity contribution >= 4 is 16.9 Å². The number of amides is 1. The summed E-state index contributed by atoms with van der Waals surface area (Å²) in [4.78, 5) is 30.3. The van der Waals surface area contributed by atoms with Crippen molar-refractivity contribution in [2.45, 2.75) is 20.8 Å². The average Bonchev–Trinajstić information content (AvgIpc) is 3.28. The minimum Gasteiger partial charge on any atom is -0.490 e. The molecule has 0 aliphatic rings. The number of hydrogen-bond donors (Lipinski definition) is 1. The van der Waals surface area contributed by atoms with Gasteiger partial charge in [0.05, 0.1) is 31.7 Å². The number of aromatic nitrogens is 4. The van der Waals surface area contributed by atoms with Gasteiger partial charge in [0.2, 0.25) is 5.75 Å². The number of fused-ring (bicyclic) bond motifs is 1. The molecule has 1 amide bonds. The first kappa shape index (κ1) is 23.7. The monoisotopic (exact) mass is 481 g/mol. The lowest BCUT2D eigenvalue weighted by molar-refractivity contribution is 0.101. The molecule has 0 bridgehead atoms. The molecule has 0 aliphatic carbocycles. The Kier molecular flexibility index (Phi) is 6.95. The zero-order chi connectivity index (χ0) is 24.9. The van der Waals surface area contributed by atoms with Crippen LogP contribution in [0.2, 0.25) is 0 Å². The third kappa shape index (κ3) is 4.79. The van der Waals surface area contributed by atoms with Crippen LogP contribution >= 0.6 is 0 Å². The molecule has 182 valence electrons. The number of nitrogens with zero attached hydrogens (tertiary/aromatic N) is 4. The van der Waals surface area contributed by atoms with E-state index in [0.717, 1.165) is 4.68 Å². The molecule has 0 saturated carbocycles. The van der Waals surface area contributed by atoms with Crippen LogP contribution in [0, 0.1) is 5.82 Å². The second kappa shape index (κ2) is 10.2. The van der Waals surface area contributed by atoms with E-state index in [-0.39, 0.29) is 16.6 Å². The predicted octanol–water partition coefficient (Wildman–Crippen LogP) is 3.30. The van der Waals surface area contributed by atoms with Crippen LogP contribution in [0.3, 0.4) is 0 Å². The lowest BCUT2D eigenvalue weighted by Crippen LogP contribution is -2.33. The molecule has 0 saturated heterocycles. The van der Waals surface area contributed by atoms with Crippen molar-refractivity contribution in [1.82, 2.24) is 19.4 Å². The molecule has 10 nitrogen and oxygen atoms in total. The van der Waals surface area contributed by atoms with Crippen LogP contribution in [0.1, 0.15) is 31.1 Å². The molecule has 11 heteroatoms. The van der Waals surface area contributed by atoms with Crippen molar-refractivity contribution in [3.05, 3.63) is 70.7 Å². The smallest absolute Gasteiger partial charge is 0.283 e. The molecule has 2 heterocycles. The lowest BCUT2D eigenvalue weighted by Gasteiger charge is -2.17. The predicted molar refractivity (Wildman–Crippen MR) is 127 cm³/mol. The number of hydrogen-bond acceptors (Lipinski definition) is 7. The van der Waals surface area contributed by atoms with Gasteiger partial charge >= 0.3 is 0 Å². The Morgan fingerprint density at radius 1 is 1.00 bits per heavy atom. The summed E-state index contributed by atoms with van der Waals surface area (Å²) >= 11 is 0. The number of carbonyl (C=O) groups is 1. The van der Waals surface area contributed by atoms with Crippen molar-refractivity contribution in [3.63, 3.8) is 0 Å². The maximum absolute atomic E-state index is 13.3. The van der Waals surface area contributed by atoms with E-state index in [0.29, 0.717) is 42.8 Å². The van der Waals surface area contributed by atoms with Crippen LogP contribution < -0.4 is 25.2 Å². The fourth-order valence-electron chi connectivity index (χ4n) is 3.46. The third-order valence-electron chi connectivity index (χ3n) is 4.95. The molecule has 0 radical (unpaired) electrons. The number of carbonyl (C=O) groups excluding carboxylic acids is 1. The molecule has 0 atom stereocenters. The van der Waals surface area contributed by atoms with Gasteiger partial charge in [0.1, 0.15) is 17.5 Å². The Morgan fingerprint density at radius 3 is 2.23 bits per heavy atom. The van der Waals surface area contributed by atoms with Gasteiger partial charge in [-0.3, -0.25) is 15.0 Å². The number of halogens is 1. The summed E-state index contributed by atoms with van der Waals surface area (Å²) in [5.74, 6) is 0.141. The molecule has 0 spiro atoms. The summed E-state index contributed by atoms with van der Waals surface area (Å²) < 4.78 is 32.6. The molecule has 0 fully saturated rings. The van der Waals surface area contributed by atoms with Crippen molar-refractivity contribution in [3.8, 4) is 22.9 Å². The molecular formula is C24H24FN5O5. The van der Waals surface area contributed by atoms with Gasteiger partial charge in [0, 0.05) is 5.56 Å². The van der Waals surface area contributed by atoms with E-state index in [1.807, 2.05) is 20.8 Å². The van der Waals surface area contributed by atoms with Crippen LogP contribution in [0.4, 0.5) is 4.39 Å². The van der Waals surface area contributed by atoms with Gasteiger partial charge in [-0.25, -0.2) is 18.7 Å². The molecule has 2 aromatic heterocycles. The van der Waals surface area contributed by atoms with Crippen molar-refractivity contribution in [1.29, 1.82) is 0 Å². The molecule has 0 aliphatic heterocycles. The Labute approximate surface area is 199 Å². The molecule has 0 unspecified atom stereocenters. The number of ether oxygens (including phenoxy) is 3. The molecule has 4 rings (SSSR count). The van der Waals surface area contributed by atoms with E-state index in [1.54, 1.807) is 0 Å². The van der Waals surface area contributed by atoms with Crippen LogP contribution in [-0.4, -0.2) is 45.2 Å². The first-order valence-corrected chi connectivity index (χ1v) is 11.1. The van der Waals surface area contributed by atoms with E-state index in [1.165, 1.54) is 53.6 Å². The molecular weight excluding hydrogens is 457 g/mol. The van der Waals surface area contributed by atoms with Gasteiger partial charge in [-0.2, -0.15) is 5.10 Å². The Balaban J connectivity index is 1.67. The normalized spacial score (nSPS) is 10.9. The van der Waals surface area contributed by atoms with Crippen LogP contribution in [0.15, 0.2) is 53.7 Å². The second-order valence-corrected chi connectivity index (χ2v) is 7.23. The minimum absolute atomic E-state index is 0.175. The zero-order valence-corrected chi connectivity index (χ0v) is 19.4. The highest BCUT2D eigenvalue weighted by Crippen LogP contribution is 2.39. The van der Waals surface area contributed by atoms with Crippen LogP contribution in [0.5, 0.6) is 17.2 Å². The SMILES string of the molecule is CCOc1cc(C(=O)Nn2cnc3c(cnn3-c3ccc(F)cc3)c2=O)cc(OCC)c1OCC. The van der Waals surface area contributed by atoms with E-state index in [4.69, 9.17) is 14.2 Å². The third-order valence-corrected chi connectivity index (χ3v) is 4.95. The van der Waals surface area contributed by atoms with Gasteiger partial charge in [-0.15, -0.1) is 0 Å². The summed E-state index contributed by atoms with van der Waals surface area (Å²) in [6.07, 6.45) is 2.53. The van der Waals surface area contributed by atoms with Crippen molar-refractivity contribution in [2.75, 3.05) is 25.2 Å². The zero-order valence-electron chi connectivity index (χ0n) is 19.4. The highest BCUT2D eigenvalue weighted by Gasteiger charge is 2.20. The Hall–Kier alpha value is -4.41. The topological polar surface area (TPSA) is 110 Å². The first-order valence-electron chi connectivity index (χ1n) is 11.1. The second-order valence-electron chi connectivity index (χ2n) is 7.23. The molecule has 1 N–H and O–H groups in total. The average molecular weight is 481 g/mol. The molecule has 4 aromatic rings. The maximum atomic E-state index is 13.3. The summed E-state index contributed by atoms with van der Waals surface area (Å²) in [5.41, 5.74) is 3.01. The van der Waals surface area contributed by atoms with Gasteiger partial charge < -0.3 is 14.2 Å². The maximum Gasteiger partial charge on any atom is 0.283 e. The quantitative estimate of drug-likeness (QED) is 0.391. The summed E-state index contributed by atoms with van der Waals surface area (Å²) in [7, 11) is 0. The fourth-order valence-corrected chi connectivity index (χ4v) is 3.46. The fraction of sp³-hybridized carbons (Fsp3) is 0.250. The molecule has 2 aromatic carbocycles. The van der Waals surface area contributed by atoms with E-state index in [9.17, 15) is 14.0 Å². The highest BCUT2D eigenvalue weighted by molar-refractivity contribution is 6.01. The lowest BCUT2D eigenvalue weighted by atomic mass is 10.1. The highest BCUT2D eigenvalue weighted by atomic mass is 19.1. The standard InChI is InChI=1S/C24H24FN5O5/c1-4-33-19-11-15(12-20(34-5-2)21(19)35-6-3)23(31)28-29-14-26-22-18(24(29)32)13-27-30(22)17-9-7-16(25)8-10-17/h7-14H,4-6H2,1-3H3,(H,28,31).